The number of rotatable bonds is 6. The van der Waals surface area contributed by atoms with Gasteiger partial charge in [-0.1, -0.05) is 0 Å². The fourth-order valence-electron chi connectivity index (χ4n) is 0.673. The minimum Gasteiger partial charge on any atom is -0.392 e. The van der Waals surface area contributed by atoms with Gasteiger partial charge < -0.3 is 19.9 Å². The standard InChI is InChI=1S/C7H17NO3/c1-6(9)4-8-5-7(10-2)11-3/h6-9H,4-5H2,1-3H3. The SMILES string of the molecule is COC(CNCC(C)O)OC. The van der Waals surface area contributed by atoms with Crippen LogP contribution in [0.1, 0.15) is 6.92 Å². The van der Waals surface area contributed by atoms with E-state index < -0.39 is 0 Å². The van der Waals surface area contributed by atoms with Gasteiger partial charge in [-0.3, -0.25) is 0 Å². The number of aliphatic hydroxyl groups is 1. The van der Waals surface area contributed by atoms with Gasteiger partial charge >= 0.3 is 0 Å². The zero-order valence-corrected chi connectivity index (χ0v) is 7.33. The van der Waals surface area contributed by atoms with E-state index in [9.17, 15) is 0 Å². The highest BCUT2D eigenvalue weighted by Crippen LogP contribution is 1.87. The van der Waals surface area contributed by atoms with Gasteiger partial charge in [-0.05, 0) is 6.92 Å². The molecule has 0 aromatic carbocycles. The summed E-state index contributed by atoms with van der Waals surface area (Å²) in [6.45, 7) is 2.88. The number of nitrogens with one attached hydrogen (secondary N) is 1. The summed E-state index contributed by atoms with van der Waals surface area (Å²) in [5, 5.41) is 11.9. The van der Waals surface area contributed by atoms with Crippen molar-refractivity contribution in [3.8, 4) is 0 Å². The molecule has 0 spiro atoms. The van der Waals surface area contributed by atoms with Crippen LogP contribution < -0.4 is 5.32 Å². The molecule has 0 amide bonds. The average Bonchev–Trinajstić information content (AvgIpc) is 1.98. The maximum absolute atomic E-state index is 8.87. The number of hydrogen-bond acceptors (Lipinski definition) is 4. The molecule has 0 aromatic rings. The zero-order valence-electron chi connectivity index (χ0n) is 7.33. The van der Waals surface area contributed by atoms with E-state index in [0.29, 0.717) is 13.1 Å². The molecule has 0 aliphatic carbocycles. The average molecular weight is 163 g/mol. The van der Waals surface area contributed by atoms with Crippen LogP contribution in [0.4, 0.5) is 0 Å². The molecular weight excluding hydrogens is 146 g/mol. The largest absolute Gasteiger partial charge is 0.392 e. The normalized spacial score (nSPS) is 13.9. The van der Waals surface area contributed by atoms with Crippen molar-refractivity contribution in [3.63, 3.8) is 0 Å². The van der Waals surface area contributed by atoms with Crippen LogP contribution in [-0.2, 0) is 9.47 Å². The second kappa shape index (κ2) is 6.54. The van der Waals surface area contributed by atoms with E-state index in [-0.39, 0.29) is 12.4 Å². The highest BCUT2D eigenvalue weighted by Gasteiger charge is 2.03. The van der Waals surface area contributed by atoms with Crippen LogP contribution in [0.5, 0.6) is 0 Å². The Morgan fingerprint density at radius 1 is 1.27 bits per heavy atom. The summed E-state index contributed by atoms with van der Waals surface area (Å²) in [5.74, 6) is 0. The van der Waals surface area contributed by atoms with E-state index in [0.717, 1.165) is 0 Å². The van der Waals surface area contributed by atoms with Crippen LogP contribution in [0.3, 0.4) is 0 Å². The van der Waals surface area contributed by atoms with Crippen molar-refractivity contribution in [2.45, 2.75) is 19.3 Å². The first-order valence-electron chi connectivity index (χ1n) is 3.65. The third-order valence-electron chi connectivity index (χ3n) is 1.28. The van der Waals surface area contributed by atoms with Gasteiger partial charge in [0.05, 0.1) is 6.10 Å². The third-order valence-corrected chi connectivity index (χ3v) is 1.28. The van der Waals surface area contributed by atoms with Crippen molar-refractivity contribution in [2.75, 3.05) is 27.3 Å². The van der Waals surface area contributed by atoms with Crippen molar-refractivity contribution in [1.29, 1.82) is 0 Å². The molecule has 0 fully saturated rings. The smallest absolute Gasteiger partial charge is 0.169 e. The molecule has 0 aliphatic rings. The maximum Gasteiger partial charge on any atom is 0.169 e. The molecule has 0 rings (SSSR count). The summed E-state index contributed by atoms with van der Waals surface area (Å²) in [5.41, 5.74) is 0. The first-order chi connectivity index (χ1) is 5.20. The van der Waals surface area contributed by atoms with Crippen LogP contribution in [0.25, 0.3) is 0 Å². The van der Waals surface area contributed by atoms with Crippen molar-refractivity contribution >= 4 is 0 Å². The summed E-state index contributed by atoms with van der Waals surface area (Å²) in [4.78, 5) is 0. The lowest BCUT2D eigenvalue weighted by Gasteiger charge is -2.14. The Morgan fingerprint density at radius 2 is 1.82 bits per heavy atom. The van der Waals surface area contributed by atoms with Gasteiger partial charge in [-0.15, -0.1) is 0 Å². The monoisotopic (exact) mass is 163 g/mol. The first kappa shape index (κ1) is 10.8. The number of methoxy groups -OCH3 is 2. The Bertz CT molecular complexity index is 83.8. The molecule has 0 heterocycles. The fraction of sp³-hybridized carbons (Fsp3) is 1.00. The summed E-state index contributed by atoms with van der Waals surface area (Å²) in [6.07, 6.45) is -0.557. The Kier molecular flexibility index (Phi) is 6.45. The van der Waals surface area contributed by atoms with Gasteiger partial charge in [0, 0.05) is 27.3 Å². The van der Waals surface area contributed by atoms with Gasteiger partial charge in [0.25, 0.3) is 0 Å². The van der Waals surface area contributed by atoms with Gasteiger partial charge in [-0.2, -0.15) is 0 Å². The molecule has 0 aromatic heterocycles. The molecule has 0 radical (unpaired) electrons. The third kappa shape index (κ3) is 6.25. The van der Waals surface area contributed by atoms with Gasteiger partial charge in [0.15, 0.2) is 6.29 Å². The second-order valence-electron chi connectivity index (χ2n) is 2.41. The summed E-state index contributed by atoms with van der Waals surface area (Å²) < 4.78 is 9.83. The molecule has 0 aliphatic heterocycles. The molecule has 1 unspecified atom stereocenters. The topological polar surface area (TPSA) is 50.7 Å². The molecular formula is C7H17NO3. The van der Waals surface area contributed by atoms with E-state index >= 15 is 0 Å². The summed E-state index contributed by atoms with van der Waals surface area (Å²) >= 11 is 0. The lowest BCUT2D eigenvalue weighted by Crippen LogP contribution is -2.33. The van der Waals surface area contributed by atoms with Crippen LogP contribution >= 0.6 is 0 Å². The summed E-state index contributed by atoms with van der Waals surface area (Å²) in [7, 11) is 3.16. The van der Waals surface area contributed by atoms with Crippen molar-refractivity contribution in [3.05, 3.63) is 0 Å². The van der Waals surface area contributed by atoms with Crippen molar-refractivity contribution in [1.82, 2.24) is 5.32 Å². The van der Waals surface area contributed by atoms with Crippen LogP contribution in [-0.4, -0.2) is 44.8 Å². The van der Waals surface area contributed by atoms with E-state index in [1.165, 1.54) is 0 Å². The van der Waals surface area contributed by atoms with Crippen LogP contribution in [0.2, 0.25) is 0 Å². The summed E-state index contributed by atoms with van der Waals surface area (Å²) in [6, 6.07) is 0. The van der Waals surface area contributed by atoms with Gasteiger partial charge in [0.1, 0.15) is 0 Å². The highest BCUT2D eigenvalue weighted by atomic mass is 16.7. The molecule has 0 saturated carbocycles. The Morgan fingerprint density at radius 3 is 2.18 bits per heavy atom. The first-order valence-corrected chi connectivity index (χ1v) is 3.65. The molecule has 2 N–H and O–H groups in total. The Balaban J connectivity index is 3.21. The Labute approximate surface area is 67.5 Å². The Hall–Kier alpha value is -0.160. The minimum absolute atomic E-state index is 0.228. The predicted octanol–water partition coefficient (Wildman–Crippen LogP) is -0.424. The van der Waals surface area contributed by atoms with E-state index in [1.54, 1.807) is 21.1 Å². The van der Waals surface area contributed by atoms with Gasteiger partial charge in [-0.25, -0.2) is 0 Å². The molecule has 11 heavy (non-hydrogen) atoms. The molecule has 4 nitrogen and oxygen atoms in total. The van der Waals surface area contributed by atoms with Crippen molar-refractivity contribution in [2.24, 2.45) is 0 Å². The lowest BCUT2D eigenvalue weighted by molar-refractivity contribution is -0.0992. The van der Waals surface area contributed by atoms with Crippen molar-refractivity contribution < 1.29 is 14.6 Å². The van der Waals surface area contributed by atoms with E-state index in [1.807, 2.05) is 0 Å². The maximum atomic E-state index is 8.87. The van der Waals surface area contributed by atoms with Crippen LogP contribution in [0, 0.1) is 0 Å². The van der Waals surface area contributed by atoms with E-state index in [4.69, 9.17) is 14.6 Å². The number of aliphatic hydroxyl groups excluding tert-OH is 1. The molecule has 4 heteroatoms. The number of ether oxygens (including phenoxy) is 2. The minimum atomic E-state index is -0.329. The molecule has 0 bridgehead atoms. The molecule has 68 valence electrons. The molecule has 0 saturated heterocycles. The second-order valence-corrected chi connectivity index (χ2v) is 2.41. The lowest BCUT2D eigenvalue weighted by atomic mass is 10.4. The van der Waals surface area contributed by atoms with E-state index in [2.05, 4.69) is 5.32 Å². The zero-order chi connectivity index (χ0) is 8.69. The highest BCUT2D eigenvalue weighted by molar-refractivity contribution is 4.54. The van der Waals surface area contributed by atoms with Gasteiger partial charge in [0.2, 0.25) is 0 Å². The predicted molar refractivity (Wildman–Crippen MR) is 42.4 cm³/mol. The quantitative estimate of drug-likeness (QED) is 0.522. The van der Waals surface area contributed by atoms with Crippen LogP contribution in [0.15, 0.2) is 0 Å². The fourth-order valence-corrected chi connectivity index (χ4v) is 0.673. The number of hydrogen-bond donors (Lipinski definition) is 2. The molecule has 1 atom stereocenters.